The van der Waals surface area contributed by atoms with Crippen LogP contribution in [0.3, 0.4) is 0 Å². The Labute approximate surface area is 129 Å². The van der Waals surface area contributed by atoms with Crippen molar-refractivity contribution in [2.75, 3.05) is 6.61 Å². The van der Waals surface area contributed by atoms with E-state index < -0.39 is 37.3 Å². The molecule has 0 amide bonds. The van der Waals surface area contributed by atoms with Gasteiger partial charge in [0.15, 0.2) is 11.3 Å². The van der Waals surface area contributed by atoms with Crippen LogP contribution in [0.4, 0.5) is 0 Å². The third-order valence-electron chi connectivity index (χ3n) is 4.11. The summed E-state index contributed by atoms with van der Waals surface area (Å²) < 4.78 is 5.34. The molecule has 0 aromatic rings. The molecule has 1 heterocycles. The zero-order chi connectivity index (χ0) is 15.4. The Kier molecular flexibility index (Phi) is 6.15. The summed E-state index contributed by atoms with van der Waals surface area (Å²) in [7, 11) is 0. The summed E-state index contributed by atoms with van der Waals surface area (Å²) in [5.74, 6) is 0. The first kappa shape index (κ1) is 16.9. The van der Waals surface area contributed by atoms with Gasteiger partial charge in [0.2, 0.25) is 0 Å². The molecule has 122 valence electrons. The lowest BCUT2D eigenvalue weighted by Crippen LogP contribution is -2.64. The Morgan fingerprint density at radius 2 is 1.67 bits per heavy atom. The lowest BCUT2D eigenvalue weighted by atomic mass is 9.96. The smallest absolute Gasteiger partial charge is 0.168 e. The second-order valence-corrected chi connectivity index (χ2v) is 6.11. The minimum Gasteiger partial charge on any atom is -0.394 e. The third-order valence-corrected chi connectivity index (χ3v) is 4.34. The van der Waals surface area contributed by atoms with Gasteiger partial charge in [-0.2, -0.15) is 0 Å². The molecule has 1 aliphatic heterocycles. The average molecular weight is 320 g/mol. The van der Waals surface area contributed by atoms with Crippen LogP contribution in [-0.2, 0) is 4.74 Å². The van der Waals surface area contributed by atoms with Crippen molar-refractivity contribution in [3.05, 3.63) is 0 Å². The first-order valence-electron chi connectivity index (χ1n) is 7.40. The molecule has 0 spiro atoms. The summed E-state index contributed by atoms with van der Waals surface area (Å²) in [5.41, 5.74) is 0. The van der Waals surface area contributed by atoms with Gasteiger partial charge in [0, 0.05) is 6.04 Å². The molecule has 1 saturated carbocycles. The number of thiocarbonyl (C=S) groups is 1. The summed E-state index contributed by atoms with van der Waals surface area (Å²) in [6.07, 6.45) is -0.302. The van der Waals surface area contributed by atoms with E-state index in [-0.39, 0.29) is 0 Å². The molecule has 5 atom stereocenters. The number of aliphatic hydroxyl groups excluding tert-OH is 4. The summed E-state index contributed by atoms with van der Waals surface area (Å²) in [5, 5.41) is 44.7. The molecule has 0 bridgehead atoms. The van der Waals surface area contributed by atoms with E-state index in [1.54, 1.807) is 0 Å². The summed E-state index contributed by atoms with van der Waals surface area (Å²) >= 11 is 5.19. The molecule has 0 radical (unpaired) electrons. The molecule has 1 saturated heterocycles. The van der Waals surface area contributed by atoms with Crippen LogP contribution >= 0.6 is 12.2 Å². The molecule has 8 heteroatoms. The molecule has 21 heavy (non-hydrogen) atoms. The molecule has 1 aliphatic carbocycles. The van der Waals surface area contributed by atoms with E-state index in [0.29, 0.717) is 11.2 Å². The monoisotopic (exact) mass is 320 g/mol. The first-order chi connectivity index (χ1) is 10.0. The SMILES string of the molecule is OC[C@H]1O[C@@H](NC(=S)NC2CCCCC2)[C@H](O)[C@@H](O)[C@@H]1O. The van der Waals surface area contributed by atoms with E-state index in [9.17, 15) is 15.3 Å². The number of hydrogen-bond donors (Lipinski definition) is 6. The topological polar surface area (TPSA) is 114 Å². The van der Waals surface area contributed by atoms with E-state index in [0.717, 1.165) is 12.8 Å². The summed E-state index contributed by atoms with van der Waals surface area (Å²) in [6, 6.07) is 0.309. The fourth-order valence-electron chi connectivity index (χ4n) is 2.82. The third kappa shape index (κ3) is 4.24. The lowest BCUT2D eigenvalue weighted by molar-refractivity contribution is -0.232. The highest BCUT2D eigenvalue weighted by Crippen LogP contribution is 2.20. The van der Waals surface area contributed by atoms with Crippen molar-refractivity contribution >= 4 is 17.3 Å². The molecule has 2 aliphatic rings. The maximum atomic E-state index is 9.91. The van der Waals surface area contributed by atoms with Gasteiger partial charge < -0.3 is 35.8 Å². The Bertz CT molecular complexity index is 351. The first-order valence-corrected chi connectivity index (χ1v) is 7.81. The average Bonchev–Trinajstić information content (AvgIpc) is 2.49. The van der Waals surface area contributed by atoms with Gasteiger partial charge in [-0.25, -0.2) is 0 Å². The van der Waals surface area contributed by atoms with Crippen LogP contribution in [0.5, 0.6) is 0 Å². The van der Waals surface area contributed by atoms with E-state index in [4.69, 9.17) is 22.1 Å². The van der Waals surface area contributed by atoms with Crippen molar-refractivity contribution in [1.82, 2.24) is 10.6 Å². The van der Waals surface area contributed by atoms with Crippen molar-refractivity contribution in [3.8, 4) is 0 Å². The van der Waals surface area contributed by atoms with Crippen LogP contribution in [0.15, 0.2) is 0 Å². The highest BCUT2D eigenvalue weighted by Gasteiger charge is 2.43. The van der Waals surface area contributed by atoms with Crippen LogP contribution in [-0.4, -0.2) is 68.8 Å². The normalized spacial score (nSPS) is 38.0. The maximum absolute atomic E-state index is 9.91. The molecule has 7 nitrogen and oxygen atoms in total. The van der Waals surface area contributed by atoms with Gasteiger partial charge in [-0.05, 0) is 25.1 Å². The number of rotatable bonds is 3. The van der Waals surface area contributed by atoms with Gasteiger partial charge in [0.25, 0.3) is 0 Å². The van der Waals surface area contributed by atoms with E-state index >= 15 is 0 Å². The van der Waals surface area contributed by atoms with Gasteiger partial charge in [0.1, 0.15) is 24.4 Å². The Balaban J connectivity index is 1.86. The van der Waals surface area contributed by atoms with E-state index in [1.807, 2.05) is 0 Å². The standard InChI is InChI=1S/C13H24N2O5S/c16-6-8-9(17)10(18)11(19)12(20-8)15-13(21)14-7-4-2-1-3-5-7/h7-12,16-19H,1-6H2,(H2,14,15,21)/t8-,9-,10+,11-,12-/m1/s1. The molecule has 2 fully saturated rings. The lowest BCUT2D eigenvalue weighted by Gasteiger charge is -2.40. The summed E-state index contributed by atoms with van der Waals surface area (Å²) in [4.78, 5) is 0. The van der Waals surface area contributed by atoms with Crippen molar-refractivity contribution in [2.45, 2.75) is 68.8 Å². The molecule has 0 unspecified atom stereocenters. The Morgan fingerprint density at radius 3 is 2.29 bits per heavy atom. The Hall–Kier alpha value is -0.510. The number of aliphatic hydroxyl groups is 4. The quantitative estimate of drug-likeness (QED) is 0.351. The number of nitrogens with one attached hydrogen (secondary N) is 2. The number of hydrogen-bond acceptors (Lipinski definition) is 6. The predicted octanol–water partition coefficient (Wildman–Crippen LogP) is -1.42. The van der Waals surface area contributed by atoms with Gasteiger partial charge >= 0.3 is 0 Å². The zero-order valence-corrected chi connectivity index (χ0v) is 12.6. The maximum Gasteiger partial charge on any atom is 0.168 e. The van der Waals surface area contributed by atoms with Crippen molar-refractivity contribution in [1.29, 1.82) is 0 Å². The molecular weight excluding hydrogens is 296 g/mol. The number of ether oxygens (including phenoxy) is 1. The van der Waals surface area contributed by atoms with Crippen LogP contribution in [0.2, 0.25) is 0 Å². The van der Waals surface area contributed by atoms with Crippen LogP contribution in [0.25, 0.3) is 0 Å². The van der Waals surface area contributed by atoms with Crippen LogP contribution in [0, 0.1) is 0 Å². The van der Waals surface area contributed by atoms with Gasteiger partial charge in [-0.3, -0.25) is 0 Å². The van der Waals surface area contributed by atoms with E-state index in [2.05, 4.69) is 10.6 Å². The molecule has 2 rings (SSSR count). The fraction of sp³-hybridized carbons (Fsp3) is 0.923. The second kappa shape index (κ2) is 7.66. The molecular formula is C13H24N2O5S. The summed E-state index contributed by atoms with van der Waals surface area (Å²) in [6.45, 7) is -0.452. The minimum absolute atomic E-state index is 0.309. The molecule has 0 aromatic carbocycles. The molecule has 0 aromatic heterocycles. The van der Waals surface area contributed by atoms with Crippen molar-refractivity contribution < 1.29 is 25.2 Å². The van der Waals surface area contributed by atoms with Crippen LogP contribution in [0.1, 0.15) is 32.1 Å². The van der Waals surface area contributed by atoms with E-state index in [1.165, 1.54) is 19.3 Å². The zero-order valence-electron chi connectivity index (χ0n) is 11.8. The predicted molar refractivity (Wildman–Crippen MR) is 79.5 cm³/mol. The highest BCUT2D eigenvalue weighted by atomic mass is 32.1. The van der Waals surface area contributed by atoms with Gasteiger partial charge in [-0.15, -0.1) is 0 Å². The van der Waals surface area contributed by atoms with Gasteiger partial charge in [0.05, 0.1) is 6.61 Å². The fourth-order valence-corrected chi connectivity index (χ4v) is 3.11. The second-order valence-electron chi connectivity index (χ2n) is 5.70. The molecule has 6 N–H and O–H groups in total. The van der Waals surface area contributed by atoms with Crippen molar-refractivity contribution in [3.63, 3.8) is 0 Å². The van der Waals surface area contributed by atoms with Gasteiger partial charge in [-0.1, -0.05) is 19.3 Å². The minimum atomic E-state index is -1.40. The largest absolute Gasteiger partial charge is 0.394 e. The Morgan fingerprint density at radius 1 is 1.00 bits per heavy atom. The van der Waals surface area contributed by atoms with Crippen LogP contribution < -0.4 is 10.6 Å². The highest BCUT2D eigenvalue weighted by molar-refractivity contribution is 7.80. The van der Waals surface area contributed by atoms with Crippen molar-refractivity contribution in [2.24, 2.45) is 0 Å².